The number of esters is 1. The van der Waals surface area contributed by atoms with Crippen LogP contribution in [0.15, 0.2) is 24.5 Å². The quantitative estimate of drug-likeness (QED) is 0.829. The number of carbonyl (C=O) groups excluding carboxylic acids is 1. The molecule has 26 heavy (non-hydrogen) atoms. The summed E-state index contributed by atoms with van der Waals surface area (Å²) in [4.78, 5) is 25.9. The molecule has 0 amide bonds. The van der Waals surface area contributed by atoms with Crippen LogP contribution in [0.5, 0.6) is 0 Å². The molecule has 1 N–H and O–H groups in total. The summed E-state index contributed by atoms with van der Waals surface area (Å²) in [5.41, 5.74) is 1.88. The van der Waals surface area contributed by atoms with Gasteiger partial charge >= 0.3 is 5.97 Å². The molecule has 0 fully saturated rings. The number of carbonyl (C=O) groups is 1. The summed E-state index contributed by atoms with van der Waals surface area (Å²) in [5.74, 6) is 1.23. The first-order valence-electron chi connectivity index (χ1n) is 8.93. The second kappa shape index (κ2) is 6.67. The van der Waals surface area contributed by atoms with E-state index in [1.807, 2.05) is 39.8 Å². The summed E-state index contributed by atoms with van der Waals surface area (Å²) in [7, 11) is 1.42. The van der Waals surface area contributed by atoms with Gasteiger partial charge in [0.2, 0.25) is 0 Å². The summed E-state index contributed by atoms with van der Waals surface area (Å²) in [5, 5.41) is 3.52. The Hall–Kier alpha value is -2.50. The largest absolute Gasteiger partial charge is 0.469 e. The van der Waals surface area contributed by atoms with Crippen LogP contribution < -0.4 is 5.32 Å². The predicted octanol–water partition coefficient (Wildman–Crippen LogP) is 3.42. The maximum Gasteiger partial charge on any atom is 0.313 e. The van der Waals surface area contributed by atoms with Gasteiger partial charge in [-0.15, -0.1) is 0 Å². The topological polar surface area (TPSA) is 77.0 Å². The first kappa shape index (κ1) is 18.3. The number of hydrogen-bond donors (Lipinski definition) is 1. The number of pyridine rings is 1. The number of nitrogens with one attached hydrogen (secondary N) is 1. The standard InChI is InChI=1S/C20H26N4O2/c1-19(2,18(25)26-5)20(3,4)24-17-14-7-6-8-15(14)22-16(23-17)13-9-11-21-12-10-13/h9-12H,6-8H2,1-5H3,(H,22,23,24). The molecule has 2 aromatic heterocycles. The summed E-state index contributed by atoms with van der Waals surface area (Å²) in [6.07, 6.45) is 6.44. The first-order chi connectivity index (χ1) is 12.3. The average Bonchev–Trinajstić information content (AvgIpc) is 3.10. The van der Waals surface area contributed by atoms with Crippen molar-refractivity contribution in [2.45, 2.75) is 52.5 Å². The van der Waals surface area contributed by atoms with Crippen LogP contribution in [0.3, 0.4) is 0 Å². The summed E-state index contributed by atoms with van der Waals surface area (Å²) >= 11 is 0. The Bertz CT molecular complexity index is 816. The average molecular weight is 354 g/mol. The van der Waals surface area contributed by atoms with E-state index in [-0.39, 0.29) is 5.97 Å². The van der Waals surface area contributed by atoms with E-state index in [4.69, 9.17) is 14.7 Å². The van der Waals surface area contributed by atoms with Gasteiger partial charge in [-0.2, -0.15) is 0 Å². The summed E-state index contributed by atoms with van der Waals surface area (Å²) in [6.45, 7) is 7.77. The van der Waals surface area contributed by atoms with Crippen molar-refractivity contribution in [3.8, 4) is 11.4 Å². The molecule has 1 aliphatic rings. The number of aryl methyl sites for hydroxylation is 1. The van der Waals surface area contributed by atoms with Crippen molar-refractivity contribution in [2.24, 2.45) is 5.41 Å². The van der Waals surface area contributed by atoms with Crippen LogP contribution in [0.2, 0.25) is 0 Å². The van der Waals surface area contributed by atoms with E-state index in [1.54, 1.807) is 12.4 Å². The van der Waals surface area contributed by atoms with E-state index < -0.39 is 11.0 Å². The van der Waals surface area contributed by atoms with Crippen LogP contribution in [0.25, 0.3) is 11.4 Å². The molecule has 0 bridgehead atoms. The van der Waals surface area contributed by atoms with Crippen molar-refractivity contribution in [1.29, 1.82) is 0 Å². The zero-order valence-corrected chi connectivity index (χ0v) is 16.1. The minimum absolute atomic E-state index is 0.255. The van der Waals surface area contributed by atoms with Gasteiger partial charge < -0.3 is 10.1 Å². The lowest BCUT2D eigenvalue weighted by atomic mass is 9.74. The zero-order valence-electron chi connectivity index (χ0n) is 16.1. The molecule has 138 valence electrons. The van der Waals surface area contributed by atoms with Gasteiger partial charge in [-0.05, 0) is 59.1 Å². The fraction of sp³-hybridized carbons (Fsp3) is 0.500. The van der Waals surface area contributed by atoms with E-state index in [9.17, 15) is 4.79 Å². The minimum atomic E-state index is -0.727. The van der Waals surface area contributed by atoms with E-state index in [0.717, 1.165) is 41.9 Å². The van der Waals surface area contributed by atoms with Gasteiger partial charge in [0.1, 0.15) is 5.82 Å². The van der Waals surface area contributed by atoms with Gasteiger partial charge in [-0.25, -0.2) is 9.97 Å². The van der Waals surface area contributed by atoms with Crippen LogP contribution in [0.1, 0.15) is 45.4 Å². The normalized spacial score (nSPS) is 14.0. The number of aromatic nitrogens is 3. The van der Waals surface area contributed by atoms with Crippen LogP contribution in [0, 0.1) is 5.41 Å². The molecule has 3 rings (SSSR count). The van der Waals surface area contributed by atoms with E-state index >= 15 is 0 Å². The highest BCUT2D eigenvalue weighted by Gasteiger charge is 2.45. The number of hydrogen-bond acceptors (Lipinski definition) is 6. The van der Waals surface area contributed by atoms with Gasteiger partial charge in [0, 0.05) is 34.8 Å². The lowest BCUT2D eigenvalue weighted by Crippen LogP contribution is -2.51. The zero-order chi connectivity index (χ0) is 18.9. The van der Waals surface area contributed by atoms with Crippen molar-refractivity contribution >= 4 is 11.8 Å². The molecule has 1 aliphatic carbocycles. The van der Waals surface area contributed by atoms with Crippen molar-refractivity contribution in [3.63, 3.8) is 0 Å². The number of methoxy groups -OCH3 is 1. The molecule has 2 aromatic rings. The third kappa shape index (κ3) is 3.16. The molecule has 0 spiro atoms. The van der Waals surface area contributed by atoms with Gasteiger partial charge in [-0.1, -0.05) is 0 Å². The van der Waals surface area contributed by atoms with Crippen LogP contribution >= 0.6 is 0 Å². The smallest absolute Gasteiger partial charge is 0.313 e. The number of anilines is 1. The summed E-state index contributed by atoms with van der Waals surface area (Å²) in [6, 6.07) is 3.81. The van der Waals surface area contributed by atoms with E-state index in [0.29, 0.717) is 5.82 Å². The van der Waals surface area contributed by atoms with Gasteiger partial charge in [0.15, 0.2) is 5.82 Å². The number of rotatable bonds is 5. The van der Waals surface area contributed by atoms with E-state index in [1.165, 1.54) is 7.11 Å². The van der Waals surface area contributed by atoms with E-state index in [2.05, 4.69) is 10.3 Å². The molecule has 0 saturated heterocycles. The third-order valence-electron chi connectivity index (χ3n) is 5.56. The molecule has 6 nitrogen and oxygen atoms in total. The SMILES string of the molecule is COC(=O)C(C)(C)C(C)(C)Nc1nc(-c2ccncc2)nc2c1CCC2. The van der Waals surface area contributed by atoms with Gasteiger partial charge in [0.05, 0.1) is 12.5 Å². The first-order valence-corrected chi connectivity index (χ1v) is 8.93. The lowest BCUT2D eigenvalue weighted by molar-refractivity contribution is -0.153. The van der Waals surface area contributed by atoms with Crippen molar-refractivity contribution in [1.82, 2.24) is 15.0 Å². The Morgan fingerprint density at radius 1 is 1.12 bits per heavy atom. The highest BCUT2D eigenvalue weighted by Crippen LogP contribution is 2.37. The number of nitrogens with zero attached hydrogens (tertiary/aromatic N) is 3. The maximum absolute atomic E-state index is 12.3. The number of fused-ring (bicyclic) bond motifs is 1. The van der Waals surface area contributed by atoms with Crippen LogP contribution in [-0.4, -0.2) is 33.6 Å². The van der Waals surface area contributed by atoms with Crippen LogP contribution in [0.4, 0.5) is 5.82 Å². The Labute approximate surface area is 154 Å². The number of ether oxygens (including phenoxy) is 1. The minimum Gasteiger partial charge on any atom is -0.469 e. The molecule has 0 unspecified atom stereocenters. The second-order valence-corrected chi connectivity index (χ2v) is 7.78. The molecule has 0 aromatic carbocycles. The molecule has 0 radical (unpaired) electrons. The molecular formula is C20H26N4O2. The molecule has 2 heterocycles. The van der Waals surface area contributed by atoms with Crippen LogP contribution in [-0.2, 0) is 22.4 Å². The highest BCUT2D eigenvalue weighted by molar-refractivity contribution is 5.78. The van der Waals surface area contributed by atoms with Crippen molar-refractivity contribution in [2.75, 3.05) is 12.4 Å². The fourth-order valence-corrected chi connectivity index (χ4v) is 3.13. The monoisotopic (exact) mass is 354 g/mol. The molecular weight excluding hydrogens is 328 g/mol. The Kier molecular flexibility index (Phi) is 4.69. The Balaban J connectivity index is 2.02. The third-order valence-corrected chi connectivity index (χ3v) is 5.56. The fourth-order valence-electron chi connectivity index (χ4n) is 3.13. The molecule has 0 aliphatic heterocycles. The van der Waals surface area contributed by atoms with Crippen molar-refractivity contribution < 1.29 is 9.53 Å². The summed E-state index contributed by atoms with van der Waals surface area (Å²) < 4.78 is 5.01. The Morgan fingerprint density at radius 3 is 2.46 bits per heavy atom. The molecule has 0 atom stereocenters. The lowest BCUT2D eigenvalue weighted by Gasteiger charge is -2.40. The van der Waals surface area contributed by atoms with Gasteiger partial charge in [0.25, 0.3) is 0 Å². The maximum atomic E-state index is 12.3. The second-order valence-electron chi connectivity index (χ2n) is 7.78. The predicted molar refractivity (Wildman–Crippen MR) is 101 cm³/mol. The molecule has 0 saturated carbocycles. The highest BCUT2D eigenvalue weighted by atomic mass is 16.5. The molecule has 6 heteroatoms. The van der Waals surface area contributed by atoms with Crippen molar-refractivity contribution in [3.05, 3.63) is 35.8 Å². The van der Waals surface area contributed by atoms with Gasteiger partial charge in [-0.3, -0.25) is 9.78 Å². The Morgan fingerprint density at radius 2 is 1.81 bits per heavy atom.